The van der Waals surface area contributed by atoms with Crippen molar-refractivity contribution in [2.75, 3.05) is 13.2 Å². The van der Waals surface area contributed by atoms with Gasteiger partial charge in [-0.1, -0.05) is 0 Å². The van der Waals surface area contributed by atoms with Crippen LogP contribution in [0.15, 0.2) is 21.9 Å². The molecule has 0 bridgehead atoms. The van der Waals surface area contributed by atoms with E-state index in [0.29, 0.717) is 0 Å². The van der Waals surface area contributed by atoms with Crippen molar-refractivity contribution in [3.8, 4) is 0 Å². The van der Waals surface area contributed by atoms with Crippen molar-refractivity contribution >= 4 is 0 Å². The van der Waals surface area contributed by atoms with Gasteiger partial charge in [-0.05, 0) is 0 Å². The zero-order valence-electron chi connectivity index (χ0n) is 9.32. The second kappa shape index (κ2) is 5.01. The summed E-state index contributed by atoms with van der Waals surface area (Å²) in [7, 11) is 0. The monoisotopic (exact) mass is 260 g/mol. The minimum atomic E-state index is -1.64. The molecule has 8 heteroatoms. The van der Waals surface area contributed by atoms with E-state index in [0.717, 1.165) is 16.8 Å². The Morgan fingerprint density at radius 3 is 2.61 bits per heavy atom. The number of alkyl halides is 1. The molecule has 2 heterocycles. The van der Waals surface area contributed by atoms with Gasteiger partial charge >= 0.3 is 5.69 Å². The molecule has 4 atom stereocenters. The van der Waals surface area contributed by atoms with Crippen molar-refractivity contribution in [3.05, 3.63) is 33.1 Å². The lowest BCUT2D eigenvalue weighted by atomic mass is 10.0. The molecule has 0 aliphatic carbocycles. The first-order valence-electron chi connectivity index (χ1n) is 5.41. The lowest BCUT2D eigenvalue weighted by Crippen LogP contribution is -2.35. The Hall–Kier alpha value is -1.51. The zero-order chi connectivity index (χ0) is 13.3. The Morgan fingerprint density at radius 2 is 2.11 bits per heavy atom. The topological polar surface area (TPSA) is 105 Å². The van der Waals surface area contributed by atoms with Crippen LogP contribution >= 0.6 is 0 Å². The van der Waals surface area contributed by atoms with Crippen LogP contribution in [0.1, 0.15) is 6.23 Å². The Bertz CT molecular complexity index is 527. The second-order valence-corrected chi connectivity index (χ2v) is 4.06. The van der Waals surface area contributed by atoms with Crippen LogP contribution in [0.5, 0.6) is 0 Å². The molecule has 0 spiro atoms. The van der Waals surface area contributed by atoms with Crippen LogP contribution in [0.4, 0.5) is 4.39 Å². The van der Waals surface area contributed by atoms with E-state index in [9.17, 15) is 14.0 Å². The first kappa shape index (κ1) is 12.9. The predicted octanol–water partition coefficient (Wildman–Crippen LogP) is -1.63. The van der Waals surface area contributed by atoms with Crippen LogP contribution in [0.25, 0.3) is 0 Å². The summed E-state index contributed by atoms with van der Waals surface area (Å²) < 4.78 is 20.1. The van der Waals surface area contributed by atoms with Gasteiger partial charge in [0.2, 0.25) is 0 Å². The molecule has 1 aromatic heterocycles. The number of nitrogens with one attached hydrogen (secondary N) is 1. The third-order valence-corrected chi connectivity index (χ3v) is 2.99. The van der Waals surface area contributed by atoms with Crippen LogP contribution in [0, 0.1) is 5.92 Å². The summed E-state index contributed by atoms with van der Waals surface area (Å²) in [5, 5.41) is 18.1. The zero-order valence-corrected chi connectivity index (χ0v) is 9.32. The smallest absolute Gasteiger partial charge is 0.330 e. The maximum absolute atomic E-state index is 14.0. The van der Waals surface area contributed by atoms with Gasteiger partial charge in [0.15, 0.2) is 12.4 Å². The van der Waals surface area contributed by atoms with E-state index in [4.69, 9.17) is 14.9 Å². The Labute approximate surface area is 100 Å². The third-order valence-electron chi connectivity index (χ3n) is 2.99. The average Bonchev–Trinajstić information content (AvgIpc) is 2.66. The first-order valence-corrected chi connectivity index (χ1v) is 5.41. The molecule has 100 valence electrons. The highest BCUT2D eigenvalue weighted by Crippen LogP contribution is 2.34. The number of aromatic amines is 1. The maximum atomic E-state index is 14.0. The highest BCUT2D eigenvalue weighted by molar-refractivity contribution is 4.92. The molecule has 1 aliphatic rings. The molecular weight excluding hydrogens is 247 g/mol. The van der Waals surface area contributed by atoms with Crippen molar-refractivity contribution in [1.82, 2.24) is 9.55 Å². The molecule has 1 saturated heterocycles. The number of aromatic nitrogens is 2. The minimum absolute atomic E-state index is 0.458. The van der Waals surface area contributed by atoms with E-state index in [1.807, 2.05) is 4.98 Å². The Morgan fingerprint density at radius 1 is 1.39 bits per heavy atom. The van der Waals surface area contributed by atoms with Crippen molar-refractivity contribution in [3.63, 3.8) is 0 Å². The molecule has 1 fully saturated rings. The van der Waals surface area contributed by atoms with Crippen LogP contribution < -0.4 is 11.2 Å². The normalized spacial score (nSPS) is 31.7. The molecule has 1 aliphatic heterocycles. The van der Waals surface area contributed by atoms with Crippen molar-refractivity contribution < 1.29 is 19.3 Å². The number of aliphatic hydroxyl groups excluding tert-OH is 2. The van der Waals surface area contributed by atoms with E-state index in [1.165, 1.54) is 0 Å². The van der Waals surface area contributed by atoms with E-state index >= 15 is 0 Å². The quantitative estimate of drug-likeness (QED) is 0.605. The summed E-state index contributed by atoms with van der Waals surface area (Å²) >= 11 is 0. The number of aliphatic hydroxyl groups is 2. The fourth-order valence-corrected chi connectivity index (χ4v) is 2.01. The van der Waals surface area contributed by atoms with E-state index in [-0.39, 0.29) is 0 Å². The van der Waals surface area contributed by atoms with Gasteiger partial charge in [-0.15, -0.1) is 0 Å². The number of ether oxygens (including phenoxy) is 1. The summed E-state index contributed by atoms with van der Waals surface area (Å²) in [6, 6.07) is 1.07. The van der Waals surface area contributed by atoms with Crippen LogP contribution in [-0.2, 0) is 4.74 Å². The van der Waals surface area contributed by atoms with Crippen molar-refractivity contribution in [2.24, 2.45) is 5.92 Å². The molecule has 7 nitrogen and oxygen atoms in total. The summed E-state index contributed by atoms with van der Waals surface area (Å²) in [4.78, 5) is 24.4. The van der Waals surface area contributed by atoms with Gasteiger partial charge in [-0.25, -0.2) is 9.18 Å². The highest BCUT2D eigenvalue weighted by Gasteiger charge is 2.45. The SMILES string of the molecule is O=c1ccn([C@@H]2O[C@H](CO)C(CO)[C@@H]2F)c(=O)[nH]1. The molecule has 0 saturated carbocycles. The predicted molar refractivity (Wildman–Crippen MR) is 57.8 cm³/mol. The maximum Gasteiger partial charge on any atom is 0.330 e. The number of H-pyrrole nitrogens is 1. The number of halogens is 1. The molecule has 3 N–H and O–H groups in total. The summed E-state index contributed by atoms with van der Waals surface area (Å²) in [6.45, 7) is -0.957. The highest BCUT2D eigenvalue weighted by atomic mass is 19.1. The Kier molecular flexibility index (Phi) is 3.60. The number of rotatable bonds is 3. The fourth-order valence-electron chi connectivity index (χ4n) is 2.01. The van der Waals surface area contributed by atoms with Crippen molar-refractivity contribution in [1.29, 1.82) is 0 Å². The minimum Gasteiger partial charge on any atom is -0.396 e. The molecule has 0 amide bonds. The lowest BCUT2D eigenvalue weighted by molar-refractivity contribution is -0.0441. The molecule has 1 aromatic rings. The molecule has 2 rings (SSSR count). The average molecular weight is 260 g/mol. The van der Waals surface area contributed by atoms with Gasteiger partial charge in [-0.3, -0.25) is 14.3 Å². The molecule has 0 radical (unpaired) electrons. The molecule has 18 heavy (non-hydrogen) atoms. The number of hydrogen-bond acceptors (Lipinski definition) is 5. The fraction of sp³-hybridized carbons (Fsp3) is 0.600. The van der Waals surface area contributed by atoms with Gasteiger partial charge < -0.3 is 14.9 Å². The standard InChI is InChI=1S/C10H13FN2O5/c11-8-5(3-14)6(4-15)18-9(8)13-2-1-7(16)12-10(13)17/h1-2,5-6,8-9,14-15H,3-4H2,(H,12,16,17)/t5?,6-,8+,9-/m1/s1. The van der Waals surface area contributed by atoms with E-state index < -0.39 is 48.9 Å². The van der Waals surface area contributed by atoms with Crippen LogP contribution in [0.3, 0.4) is 0 Å². The number of nitrogens with zero attached hydrogens (tertiary/aromatic N) is 1. The molecular formula is C10H13FN2O5. The van der Waals surface area contributed by atoms with E-state index in [1.54, 1.807) is 0 Å². The largest absolute Gasteiger partial charge is 0.396 e. The second-order valence-electron chi connectivity index (χ2n) is 4.06. The summed E-state index contributed by atoms with van der Waals surface area (Å²) in [5.74, 6) is -0.904. The summed E-state index contributed by atoms with van der Waals surface area (Å²) in [5.41, 5.74) is -1.40. The van der Waals surface area contributed by atoms with E-state index in [2.05, 4.69) is 0 Å². The van der Waals surface area contributed by atoms with Gasteiger partial charge in [0.25, 0.3) is 5.56 Å². The first-order chi connectivity index (χ1) is 8.58. The Balaban J connectivity index is 2.34. The molecule has 0 aromatic carbocycles. The van der Waals surface area contributed by atoms with Crippen LogP contribution in [-0.4, -0.2) is 45.3 Å². The van der Waals surface area contributed by atoms with Gasteiger partial charge in [0.1, 0.15) is 0 Å². The number of hydrogen-bond donors (Lipinski definition) is 3. The van der Waals surface area contributed by atoms with Gasteiger partial charge in [-0.2, -0.15) is 0 Å². The van der Waals surface area contributed by atoms with Gasteiger partial charge in [0, 0.05) is 18.2 Å². The lowest BCUT2D eigenvalue weighted by Gasteiger charge is -2.15. The van der Waals surface area contributed by atoms with Crippen LogP contribution in [0.2, 0.25) is 0 Å². The molecule has 1 unspecified atom stereocenters. The third kappa shape index (κ3) is 2.09. The summed E-state index contributed by atoms with van der Waals surface area (Å²) in [6.07, 6.45) is -2.67. The van der Waals surface area contributed by atoms with Gasteiger partial charge in [0.05, 0.1) is 19.3 Å². The van der Waals surface area contributed by atoms with Crippen molar-refractivity contribution in [2.45, 2.75) is 18.5 Å².